The predicted octanol–water partition coefficient (Wildman–Crippen LogP) is 7.33. The van der Waals surface area contributed by atoms with Gasteiger partial charge in [0.15, 0.2) is 0 Å². The molecule has 0 heterocycles. The second kappa shape index (κ2) is 21.3. The number of nitrogens with zero attached hydrogens (tertiary/aromatic N) is 6. The summed E-state index contributed by atoms with van der Waals surface area (Å²) in [5.41, 5.74) is -2.77. The Morgan fingerprint density at radius 3 is 0.800 bits per heavy atom. The summed E-state index contributed by atoms with van der Waals surface area (Å²) < 4.78 is 22.3. The first-order valence-electron chi connectivity index (χ1n) is 17.5. The smallest absolute Gasteiger partial charge is 0.410 e. The first-order valence-corrected chi connectivity index (χ1v) is 17.5. The lowest BCUT2D eigenvalue weighted by Crippen LogP contribution is -2.42. The zero-order valence-corrected chi connectivity index (χ0v) is 32.8. The van der Waals surface area contributed by atoms with Crippen molar-refractivity contribution in [2.24, 2.45) is 0 Å². The van der Waals surface area contributed by atoms with Crippen molar-refractivity contribution < 1.29 is 38.1 Å². The van der Waals surface area contributed by atoms with E-state index in [-0.39, 0.29) is 26.2 Å². The predicted molar refractivity (Wildman–Crippen MR) is 193 cm³/mol. The molecular formula is C36H64N6O8. The molecule has 14 heteroatoms. The molecule has 0 atom stereocenters. The summed E-state index contributed by atoms with van der Waals surface area (Å²) in [6.07, 6.45) is 0.0359. The van der Waals surface area contributed by atoms with E-state index in [0.29, 0.717) is 65.0 Å². The third-order valence-corrected chi connectivity index (χ3v) is 6.39. The maximum absolute atomic E-state index is 13.2. The minimum atomic E-state index is -0.705. The number of carbonyl (C=O) groups is 4. The van der Waals surface area contributed by atoms with Crippen molar-refractivity contribution in [3.63, 3.8) is 0 Å². The molecule has 0 N–H and O–H groups in total. The average Bonchev–Trinajstić information content (AvgIpc) is 2.92. The Labute approximate surface area is 301 Å². The molecule has 0 fully saturated rings. The number of unbranched alkanes of at least 4 members (excludes halogenated alkanes) is 1. The molecule has 14 nitrogen and oxygen atoms in total. The second-order valence-electron chi connectivity index (χ2n) is 16.0. The first-order chi connectivity index (χ1) is 22.9. The summed E-state index contributed by atoms with van der Waals surface area (Å²) in [5.74, 6) is 0. The van der Waals surface area contributed by atoms with E-state index < -0.39 is 46.8 Å². The zero-order chi connectivity index (χ0) is 38.8. The van der Waals surface area contributed by atoms with Gasteiger partial charge in [-0.25, -0.2) is 32.3 Å². The lowest BCUT2D eigenvalue weighted by molar-refractivity contribution is 0.0169. The van der Waals surface area contributed by atoms with Gasteiger partial charge >= 0.3 is 24.4 Å². The number of hydrogen-bond donors (Lipinski definition) is 0. The molecule has 0 aliphatic rings. The lowest BCUT2D eigenvalue weighted by atomic mass is 10.2. The molecule has 0 spiro atoms. The van der Waals surface area contributed by atoms with E-state index in [4.69, 9.17) is 32.1 Å². The van der Waals surface area contributed by atoms with Gasteiger partial charge < -0.3 is 48.2 Å². The molecule has 0 rings (SSSR count). The third-order valence-electron chi connectivity index (χ3n) is 6.39. The Balaban J connectivity index is 5.59. The van der Waals surface area contributed by atoms with E-state index in [1.54, 1.807) is 92.9 Å². The quantitative estimate of drug-likeness (QED) is 0.0873. The fourth-order valence-electron chi connectivity index (χ4n) is 4.34. The number of amides is 4. The Bertz CT molecular complexity index is 1060. The highest BCUT2D eigenvalue weighted by atomic mass is 16.6. The molecule has 0 bridgehead atoms. The van der Waals surface area contributed by atoms with Crippen LogP contribution < -0.4 is 0 Å². The SMILES string of the molecule is [C-]#[N+]CCN(CCCN(CCCCN(CCCN(CC[N+]#[C-])C(=O)OC(C)(C)C)C(=O)OC(C)(C)C)C(=O)OC(C)(C)C)C(=O)OC(C)(C)C. The summed E-state index contributed by atoms with van der Waals surface area (Å²) in [5, 5.41) is 0. The molecule has 0 radical (unpaired) electrons. The zero-order valence-electron chi connectivity index (χ0n) is 32.8. The second-order valence-corrected chi connectivity index (χ2v) is 16.0. The highest BCUT2D eigenvalue weighted by Gasteiger charge is 2.27. The van der Waals surface area contributed by atoms with Crippen LogP contribution in [-0.4, -0.2) is 132 Å². The van der Waals surface area contributed by atoms with E-state index in [1.165, 1.54) is 9.80 Å². The molecule has 0 saturated heterocycles. The molecule has 286 valence electrons. The monoisotopic (exact) mass is 708 g/mol. The first kappa shape index (κ1) is 46.1. The minimum Gasteiger partial charge on any atom is -0.444 e. The van der Waals surface area contributed by atoms with E-state index in [2.05, 4.69) is 9.69 Å². The molecule has 0 unspecified atom stereocenters. The van der Waals surface area contributed by atoms with Crippen LogP contribution in [0.1, 0.15) is 109 Å². The normalized spacial score (nSPS) is 11.8. The highest BCUT2D eigenvalue weighted by molar-refractivity contribution is 5.69. The minimum absolute atomic E-state index is 0.142. The standard InChI is InChI=1S/C36H64N6O8/c1-33(2,3)47-29(43)39(23-17-25-41(27-19-37-13)31(45)49-35(7,8)9)21-15-16-22-40(30(44)48-34(4,5)6)24-18-26-42(28-20-38-14)32(46)50-36(10,11)12/h15-28H2,1-12H3. The molecule has 0 aliphatic carbocycles. The fourth-order valence-corrected chi connectivity index (χ4v) is 4.34. The molecule has 4 amide bonds. The highest BCUT2D eigenvalue weighted by Crippen LogP contribution is 2.16. The van der Waals surface area contributed by atoms with Crippen molar-refractivity contribution in [1.29, 1.82) is 0 Å². The van der Waals surface area contributed by atoms with Crippen LogP contribution in [0, 0.1) is 13.1 Å². The van der Waals surface area contributed by atoms with Crippen LogP contribution in [0.15, 0.2) is 0 Å². The van der Waals surface area contributed by atoms with Gasteiger partial charge in [-0.15, -0.1) is 0 Å². The van der Waals surface area contributed by atoms with Crippen LogP contribution in [0.4, 0.5) is 19.2 Å². The van der Waals surface area contributed by atoms with Crippen LogP contribution in [0.3, 0.4) is 0 Å². The fraction of sp³-hybridized carbons (Fsp3) is 0.833. The van der Waals surface area contributed by atoms with Gasteiger partial charge in [0.1, 0.15) is 22.4 Å². The average molecular weight is 709 g/mol. The maximum Gasteiger partial charge on any atom is 0.410 e. The van der Waals surface area contributed by atoms with Gasteiger partial charge in [0, 0.05) is 39.3 Å². The molecule has 0 aliphatic heterocycles. The molecule has 0 aromatic rings. The largest absolute Gasteiger partial charge is 0.444 e. The molecule has 0 aromatic heterocycles. The van der Waals surface area contributed by atoms with E-state index in [9.17, 15) is 19.2 Å². The summed E-state index contributed by atoms with van der Waals surface area (Å²) in [7, 11) is 0. The maximum atomic E-state index is 13.2. The third kappa shape index (κ3) is 23.4. The molecule has 50 heavy (non-hydrogen) atoms. The van der Waals surface area contributed by atoms with Gasteiger partial charge in [0.2, 0.25) is 13.1 Å². The van der Waals surface area contributed by atoms with E-state index in [0.717, 1.165) is 0 Å². The molecule has 0 aromatic carbocycles. The lowest BCUT2D eigenvalue weighted by Gasteiger charge is -2.30. The van der Waals surface area contributed by atoms with Gasteiger partial charge in [0.05, 0.1) is 13.1 Å². The van der Waals surface area contributed by atoms with Crippen molar-refractivity contribution in [3.8, 4) is 0 Å². The molecular weight excluding hydrogens is 644 g/mol. The topological polar surface area (TPSA) is 127 Å². The van der Waals surface area contributed by atoms with Crippen molar-refractivity contribution in [2.45, 2.75) is 131 Å². The number of hydrogen-bond acceptors (Lipinski definition) is 8. The van der Waals surface area contributed by atoms with Crippen molar-refractivity contribution in [3.05, 3.63) is 22.8 Å². The number of rotatable bonds is 17. The van der Waals surface area contributed by atoms with Crippen molar-refractivity contribution in [2.75, 3.05) is 65.4 Å². The van der Waals surface area contributed by atoms with Crippen molar-refractivity contribution in [1.82, 2.24) is 19.6 Å². The van der Waals surface area contributed by atoms with Gasteiger partial charge in [0.25, 0.3) is 0 Å². The van der Waals surface area contributed by atoms with Crippen LogP contribution in [-0.2, 0) is 18.9 Å². The van der Waals surface area contributed by atoms with Gasteiger partial charge in [-0.1, -0.05) is 0 Å². The van der Waals surface area contributed by atoms with Gasteiger partial charge in [-0.2, -0.15) is 0 Å². The summed E-state index contributed by atoms with van der Waals surface area (Å²) >= 11 is 0. The Hall–Kier alpha value is -3.94. The van der Waals surface area contributed by atoms with Crippen LogP contribution in [0.2, 0.25) is 0 Å². The number of ether oxygens (including phenoxy) is 4. The van der Waals surface area contributed by atoms with Crippen molar-refractivity contribution >= 4 is 24.4 Å². The Kier molecular flexibility index (Phi) is 19.6. The summed E-state index contributed by atoms with van der Waals surface area (Å²) in [6.45, 7) is 38.4. The van der Waals surface area contributed by atoms with Crippen LogP contribution >= 0.6 is 0 Å². The molecule has 0 saturated carbocycles. The van der Waals surface area contributed by atoms with Gasteiger partial charge in [-0.05, 0) is 109 Å². The van der Waals surface area contributed by atoms with E-state index in [1.807, 2.05) is 0 Å². The van der Waals surface area contributed by atoms with E-state index >= 15 is 0 Å². The Morgan fingerprint density at radius 2 is 0.600 bits per heavy atom. The Morgan fingerprint density at radius 1 is 0.400 bits per heavy atom. The van der Waals surface area contributed by atoms with Crippen LogP contribution in [0.5, 0.6) is 0 Å². The summed E-state index contributed by atoms with van der Waals surface area (Å²) in [4.78, 5) is 64.7. The number of carbonyl (C=O) groups excluding carboxylic acids is 4. The van der Waals surface area contributed by atoms with Crippen LogP contribution in [0.25, 0.3) is 9.69 Å². The van der Waals surface area contributed by atoms with Gasteiger partial charge in [-0.3, -0.25) is 0 Å². The summed E-state index contributed by atoms with van der Waals surface area (Å²) in [6, 6.07) is 0.